The second kappa shape index (κ2) is 11.4. The summed E-state index contributed by atoms with van der Waals surface area (Å²) in [6.07, 6.45) is 5.56. The van der Waals surface area contributed by atoms with E-state index in [2.05, 4.69) is 10.6 Å². The zero-order valence-corrected chi connectivity index (χ0v) is 19.7. The second-order valence-electron chi connectivity index (χ2n) is 9.31. The predicted molar refractivity (Wildman–Crippen MR) is 126 cm³/mol. The SMILES string of the molecule is O=CN(O)CC(C(=O)N1CCC[C@H]1C(=O)NC(=O)NCCc1cc2ccccc2o1)C1CCCC1. The number of hydrogen-bond donors (Lipinski definition) is 3. The maximum Gasteiger partial charge on any atom is 0.321 e. The van der Waals surface area contributed by atoms with E-state index in [9.17, 15) is 24.4 Å². The molecule has 2 atom stereocenters. The van der Waals surface area contributed by atoms with E-state index >= 15 is 0 Å². The van der Waals surface area contributed by atoms with Gasteiger partial charge in [0.25, 0.3) is 5.91 Å². The van der Waals surface area contributed by atoms with Gasteiger partial charge < -0.3 is 14.6 Å². The topological polar surface area (TPSA) is 132 Å². The lowest BCUT2D eigenvalue weighted by Gasteiger charge is -2.31. The largest absolute Gasteiger partial charge is 0.461 e. The fraction of sp³-hybridized carbons (Fsp3) is 0.520. The number of imide groups is 1. The fourth-order valence-electron chi connectivity index (χ4n) is 5.25. The molecule has 0 spiro atoms. The molecule has 0 bridgehead atoms. The molecule has 2 heterocycles. The van der Waals surface area contributed by atoms with Crippen molar-refractivity contribution in [2.75, 3.05) is 19.6 Å². The first-order chi connectivity index (χ1) is 17.0. The highest BCUT2D eigenvalue weighted by atomic mass is 16.5. The third kappa shape index (κ3) is 6.00. The van der Waals surface area contributed by atoms with Crippen molar-refractivity contribution in [1.82, 2.24) is 20.6 Å². The standard InChI is InChI=1S/C25H32N4O6/c30-16-28(34)15-20(17-6-1-2-7-17)24(32)29-13-5-9-21(29)23(31)27-25(33)26-12-11-19-14-18-8-3-4-10-22(18)35-19/h3-4,8,10,14,16-17,20-21,34H,1-2,5-7,9,11-13,15H2,(H2,26,27,31,33)/t20?,21-/m0/s1. The van der Waals surface area contributed by atoms with Crippen LogP contribution in [0.1, 0.15) is 44.3 Å². The van der Waals surface area contributed by atoms with Crippen LogP contribution in [-0.4, -0.2) is 65.1 Å². The van der Waals surface area contributed by atoms with Crippen molar-refractivity contribution >= 4 is 35.2 Å². The van der Waals surface area contributed by atoms with Gasteiger partial charge >= 0.3 is 6.03 Å². The molecule has 35 heavy (non-hydrogen) atoms. The number of para-hydroxylation sites is 1. The Kier molecular flexibility index (Phi) is 8.02. The van der Waals surface area contributed by atoms with Crippen molar-refractivity contribution in [2.45, 2.75) is 51.0 Å². The van der Waals surface area contributed by atoms with E-state index in [4.69, 9.17) is 4.42 Å². The molecule has 1 aliphatic heterocycles. The van der Waals surface area contributed by atoms with E-state index in [1.54, 1.807) is 0 Å². The van der Waals surface area contributed by atoms with Gasteiger partial charge in [-0.05, 0) is 43.7 Å². The number of rotatable bonds is 9. The molecular formula is C25H32N4O6. The lowest BCUT2D eigenvalue weighted by Crippen LogP contribution is -2.53. The van der Waals surface area contributed by atoms with Crippen molar-refractivity contribution < 1.29 is 28.8 Å². The number of fused-ring (bicyclic) bond motifs is 1. The van der Waals surface area contributed by atoms with Gasteiger partial charge in [0.1, 0.15) is 17.4 Å². The molecule has 1 unspecified atom stereocenters. The lowest BCUT2D eigenvalue weighted by molar-refractivity contribution is -0.159. The Hall–Kier alpha value is -3.40. The molecule has 2 fully saturated rings. The van der Waals surface area contributed by atoms with Gasteiger partial charge in [-0.3, -0.25) is 24.9 Å². The molecule has 1 saturated carbocycles. The van der Waals surface area contributed by atoms with E-state index in [-0.39, 0.29) is 24.9 Å². The summed E-state index contributed by atoms with van der Waals surface area (Å²) in [7, 11) is 0. The van der Waals surface area contributed by atoms with Gasteiger partial charge in [0.2, 0.25) is 12.3 Å². The maximum absolute atomic E-state index is 13.4. The van der Waals surface area contributed by atoms with Gasteiger partial charge in [-0.15, -0.1) is 0 Å². The van der Waals surface area contributed by atoms with E-state index in [0.29, 0.717) is 37.3 Å². The zero-order chi connectivity index (χ0) is 24.8. The summed E-state index contributed by atoms with van der Waals surface area (Å²) in [4.78, 5) is 51.0. The number of urea groups is 1. The van der Waals surface area contributed by atoms with Crippen LogP contribution in [0.4, 0.5) is 4.79 Å². The number of carbonyl (C=O) groups excluding carboxylic acids is 4. The number of hydrogen-bond acceptors (Lipinski definition) is 6. The van der Waals surface area contributed by atoms with Crippen molar-refractivity contribution in [3.05, 3.63) is 36.1 Å². The van der Waals surface area contributed by atoms with Crippen LogP contribution in [0, 0.1) is 11.8 Å². The Morgan fingerprint density at radius 2 is 1.94 bits per heavy atom. The van der Waals surface area contributed by atoms with E-state index < -0.39 is 23.9 Å². The average Bonchev–Trinajstić information content (AvgIpc) is 3.62. The minimum atomic E-state index is -0.754. The van der Waals surface area contributed by atoms with Gasteiger partial charge in [0, 0.05) is 24.9 Å². The first-order valence-electron chi connectivity index (χ1n) is 12.2. The first-order valence-corrected chi connectivity index (χ1v) is 12.2. The van der Waals surface area contributed by atoms with Crippen LogP contribution in [0.5, 0.6) is 0 Å². The van der Waals surface area contributed by atoms with Crippen LogP contribution in [0.2, 0.25) is 0 Å². The normalized spacial score (nSPS) is 19.0. The third-order valence-corrected chi connectivity index (χ3v) is 7.00. The molecule has 1 aromatic carbocycles. The second-order valence-corrected chi connectivity index (χ2v) is 9.31. The van der Waals surface area contributed by atoms with Crippen LogP contribution >= 0.6 is 0 Å². The van der Waals surface area contributed by atoms with Crippen LogP contribution < -0.4 is 10.6 Å². The van der Waals surface area contributed by atoms with E-state index in [1.807, 2.05) is 30.3 Å². The zero-order valence-electron chi connectivity index (χ0n) is 19.7. The fourth-order valence-corrected chi connectivity index (χ4v) is 5.25. The molecule has 1 aromatic heterocycles. The van der Waals surface area contributed by atoms with E-state index in [0.717, 1.165) is 42.4 Å². The molecule has 10 nitrogen and oxygen atoms in total. The monoisotopic (exact) mass is 484 g/mol. The molecule has 4 rings (SSSR count). The number of nitrogens with one attached hydrogen (secondary N) is 2. The molecule has 5 amide bonds. The number of hydroxylamine groups is 2. The van der Waals surface area contributed by atoms with Crippen molar-refractivity contribution in [3.8, 4) is 0 Å². The average molecular weight is 485 g/mol. The van der Waals surface area contributed by atoms with Crippen molar-refractivity contribution in [2.24, 2.45) is 11.8 Å². The summed E-state index contributed by atoms with van der Waals surface area (Å²) in [5.74, 6) is -0.558. The first kappa shape index (κ1) is 24.7. The molecule has 2 aliphatic rings. The number of nitrogens with zero attached hydrogens (tertiary/aromatic N) is 2. The number of carbonyl (C=O) groups is 4. The summed E-state index contributed by atoms with van der Waals surface area (Å²) in [6.45, 7) is 0.592. The summed E-state index contributed by atoms with van der Waals surface area (Å²) in [6, 6.07) is 8.18. The molecule has 0 radical (unpaired) electrons. The Labute approximate surface area is 203 Å². The molecule has 10 heteroatoms. The van der Waals surface area contributed by atoms with Gasteiger partial charge in [0.05, 0.1) is 12.5 Å². The highest BCUT2D eigenvalue weighted by molar-refractivity contribution is 5.99. The Morgan fingerprint density at radius 3 is 2.69 bits per heavy atom. The maximum atomic E-state index is 13.4. The molecule has 1 saturated heterocycles. The van der Waals surface area contributed by atoms with Gasteiger partial charge in [0.15, 0.2) is 0 Å². The van der Waals surface area contributed by atoms with Crippen LogP contribution in [0.3, 0.4) is 0 Å². The van der Waals surface area contributed by atoms with E-state index in [1.165, 1.54) is 4.90 Å². The van der Waals surface area contributed by atoms with Gasteiger partial charge in [-0.25, -0.2) is 9.86 Å². The summed E-state index contributed by atoms with van der Waals surface area (Å²) < 4.78 is 5.73. The Morgan fingerprint density at radius 1 is 1.17 bits per heavy atom. The molecule has 3 N–H and O–H groups in total. The van der Waals surface area contributed by atoms with Crippen LogP contribution in [0.15, 0.2) is 34.7 Å². The number of benzene rings is 1. The van der Waals surface area contributed by atoms with Gasteiger partial charge in [-0.1, -0.05) is 31.0 Å². The highest BCUT2D eigenvalue weighted by Gasteiger charge is 2.41. The summed E-state index contributed by atoms with van der Waals surface area (Å²) >= 11 is 0. The molecule has 2 aromatic rings. The van der Waals surface area contributed by atoms with Crippen LogP contribution in [-0.2, 0) is 20.8 Å². The van der Waals surface area contributed by atoms with Crippen molar-refractivity contribution in [1.29, 1.82) is 0 Å². The molecule has 1 aliphatic carbocycles. The minimum Gasteiger partial charge on any atom is -0.461 e. The smallest absolute Gasteiger partial charge is 0.321 e. The summed E-state index contributed by atoms with van der Waals surface area (Å²) in [5.41, 5.74) is 0.779. The number of furan rings is 1. The molecular weight excluding hydrogens is 452 g/mol. The lowest BCUT2D eigenvalue weighted by atomic mass is 9.89. The number of amides is 5. The minimum absolute atomic E-state index is 0.0583. The van der Waals surface area contributed by atoms with Crippen molar-refractivity contribution in [3.63, 3.8) is 0 Å². The van der Waals surface area contributed by atoms with Gasteiger partial charge in [-0.2, -0.15) is 0 Å². The highest BCUT2D eigenvalue weighted by Crippen LogP contribution is 2.34. The van der Waals surface area contributed by atoms with Crippen LogP contribution in [0.25, 0.3) is 11.0 Å². The predicted octanol–water partition coefficient (Wildman–Crippen LogP) is 2.45. The molecule has 188 valence electrons. The summed E-state index contributed by atoms with van der Waals surface area (Å²) in [5, 5.41) is 16.2. The Balaban J connectivity index is 1.30. The quantitative estimate of drug-likeness (QED) is 0.285. The third-order valence-electron chi connectivity index (χ3n) is 7.00. The number of likely N-dealkylation sites (tertiary alicyclic amines) is 1. The Bertz CT molecular complexity index is 1030.